The number of aliphatic hydroxyl groups is 2. The number of nitroso groups, excluding NO2 is 1. The summed E-state index contributed by atoms with van der Waals surface area (Å²) in [6.07, 6.45) is 25.8. The summed E-state index contributed by atoms with van der Waals surface area (Å²) in [5.74, 6) is 0. The Kier molecular flexibility index (Phi) is 20.9. The maximum atomic E-state index is 10.7. The van der Waals surface area contributed by atoms with Crippen molar-refractivity contribution in [2.24, 2.45) is 5.18 Å². The molecule has 0 amide bonds. The van der Waals surface area contributed by atoms with E-state index < -0.39 is 5.54 Å². The Morgan fingerprint density at radius 3 is 1.07 bits per heavy atom. The molecule has 0 aliphatic rings. The van der Waals surface area contributed by atoms with Crippen molar-refractivity contribution in [2.75, 3.05) is 13.2 Å². The molecule has 0 atom stereocenters. The van der Waals surface area contributed by atoms with Gasteiger partial charge in [-0.1, -0.05) is 134 Å². The minimum atomic E-state index is -1.16. The molecule has 0 heterocycles. The molecule has 0 unspecified atom stereocenters. The summed E-state index contributed by atoms with van der Waals surface area (Å²) in [6.45, 7) is 1.57. The van der Waals surface area contributed by atoms with Crippen LogP contribution in [0.3, 0.4) is 0 Å². The number of hydrogen-bond acceptors (Lipinski definition) is 4. The minimum Gasteiger partial charge on any atom is -0.394 e. The first kappa shape index (κ1) is 27.5. The Hall–Kier alpha value is -0.480. The van der Waals surface area contributed by atoms with Gasteiger partial charge >= 0.3 is 0 Å². The molecule has 0 bridgehead atoms. The lowest BCUT2D eigenvalue weighted by Crippen LogP contribution is -2.35. The standard InChI is InChI=1S/C24H49NO3/c1-2-3-4-5-6-7-8-9-10-11-12-13-14-15-16-17-18-19-20-21-24(22-26,23-27)25-28/h26-27H,2-23H2,1H3. The van der Waals surface area contributed by atoms with Gasteiger partial charge in [-0.25, -0.2) is 0 Å². The molecule has 4 nitrogen and oxygen atoms in total. The predicted octanol–water partition coefficient (Wildman–Crippen LogP) is 7.30. The first-order valence-electron chi connectivity index (χ1n) is 12.3. The van der Waals surface area contributed by atoms with E-state index >= 15 is 0 Å². The SMILES string of the molecule is CCCCCCCCCCCCCCCCCCCCCC(CO)(CO)N=O. The van der Waals surface area contributed by atoms with Crippen molar-refractivity contribution in [3.05, 3.63) is 4.91 Å². The van der Waals surface area contributed by atoms with Crippen LogP contribution in [0.2, 0.25) is 0 Å². The molecule has 0 spiro atoms. The molecule has 0 aliphatic heterocycles. The Bertz CT molecular complexity index is 319. The average molecular weight is 400 g/mol. The Morgan fingerprint density at radius 2 is 0.821 bits per heavy atom. The fourth-order valence-corrected chi connectivity index (χ4v) is 3.84. The molecule has 0 aliphatic carbocycles. The quantitative estimate of drug-likeness (QED) is 0.140. The van der Waals surface area contributed by atoms with Crippen molar-refractivity contribution in [3.63, 3.8) is 0 Å². The van der Waals surface area contributed by atoms with Crippen molar-refractivity contribution in [1.82, 2.24) is 0 Å². The van der Waals surface area contributed by atoms with Crippen molar-refractivity contribution in [2.45, 2.75) is 141 Å². The van der Waals surface area contributed by atoms with Crippen molar-refractivity contribution >= 4 is 0 Å². The molecule has 168 valence electrons. The highest BCUT2D eigenvalue weighted by Crippen LogP contribution is 2.20. The smallest absolute Gasteiger partial charge is 0.148 e. The highest BCUT2D eigenvalue weighted by Gasteiger charge is 2.29. The van der Waals surface area contributed by atoms with Crippen molar-refractivity contribution in [3.8, 4) is 0 Å². The molecule has 0 rings (SSSR count). The summed E-state index contributed by atoms with van der Waals surface area (Å²) in [5.41, 5.74) is -1.16. The summed E-state index contributed by atoms with van der Waals surface area (Å²) in [5, 5.41) is 21.3. The van der Waals surface area contributed by atoms with E-state index in [9.17, 15) is 15.1 Å². The lowest BCUT2D eigenvalue weighted by molar-refractivity contribution is 0.113. The van der Waals surface area contributed by atoms with E-state index in [1.54, 1.807) is 0 Å². The maximum Gasteiger partial charge on any atom is 0.148 e. The summed E-state index contributed by atoms with van der Waals surface area (Å²) in [7, 11) is 0. The second kappa shape index (κ2) is 21.2. The van der Waals surface area contributed by atoms with E-state index in [1.165, 1.54) is 109 Å². The van der Waals surface area contributed by atoms with Crippen molar-refractivity contribution in [1.29, 1.82) is 0 Å². The molecule has 0 aromatic heterocycles. The normalized spacial score (nSPS) is 11.8. The van der Waals surface area contributed by atoms with Crippen LogP contribution in [0.1, 0.15) is 135 Å². The van der Waals surface area contributed by atoms with Crippen LogP contribution in [0.25, 0.3) is 0 Å². The van der Waals surface area contributed by atoms with E-state index in [2.05, 4.69) is 12.1 Å². The number of unbranched alkanes of at least 4 members (excludes halogenated alkanes) is 18. The van der Waals surface area contributed by atoms with Gasteiger partial charge in [0.25, 0.3) is 0 Å². The molecule has 0 aromatic carbocycles. The van der Waals surface area contributed by atoms with Crippen LogP contribution >= 0.6 is 0 Å². The minimum absolute atomic E-state index is 0.355. The van der Waals surface area contributed by atoms with Gasteiger partial charge in [-0.15, -0.1) is 0 Å². The summed E-state index contributed by atoms with van der Waals surface area (Å²) in [4.78, 5) is 10.7. The fraction of sp³-hybridized carbons (Fsp3) is 1.00. The third-order valence-electron chi connectivity index (χ3n) is 6.03. The molecule has 0 aromatic rings. The third-order valence-corrected chi connectivity index (χ3v) is 6.03. The molecule has 0 fully saturated rings. The Labute approximate surface area is 174 Å². The largest absolute Gasteiger partial charge is 0.394 e. The molecular weight excluding hydrogens is 350 g/mol. The van der Waals surface area contributed by atoms with E-state index in [0.29, 0.717) is 6.42 Å². The van der Waals surface area contributed by atoms with Gasteiger partial charge in [-0.2, -0.15) is 4.91 Å². The average Bonchev–Trinajstić information content (AvgIpc) is 2.73. The van der Waals surface area contributed by atoms with Gasteiger partial charge in [0, 0.05) is 0 Å². The van der Waals surface area contributed by atoms with Crippen LogP contribution in [0.15, 0.2) is 5.18 Å². The predicted molar refractivity (Wildman–Crippen MR) is 121 cm³/mol. The van der Waals surface area contributed by atoms with Gasteiger partial charge in [0.1, 0.15) is 5.54 Å². The fourth-order valence-electron chi connectivity index (χ4n) is 3.84. The van der Waals surface area contributed by atoms with Gasteiger partial charge in [-0.05, 0) is 6.42 Å². The maximum absolute atomic E-state index is 10.7. The van der Waals surface area contributed by atoms with Gasteiger partial charge in [-0.3, -0.25) is 0 Å². The molecule has 28 heavy (non-hydrogen) atoms. The Balaban J connectivity index is 3.19. The first-order chi connectivity index (χ1) is 13.7. The molecule has 0 saturated carbocycles. The Morgan fingerprint density at radius 1 is 0.536 bits per heavy atom. The van der Waals surface area contributed by atoms with Crippen LogP contribution in [-0.4, -0.2) is 29.0 Å². The van der Waals surface area contributed by atoms with E-state index in [4.69, 9.17) is 0 Å². The zero-order valence-electron chi connectivity index (χ0n) is 18.8. The van der Waals surface area contributed by atoms with Crippen molar-refractivity contribution < 1.29 is 10.2 Å². The summed E-state index contributed by atoms with van der Waals surface area (Å²) >= 11 is 0. The van der Waals surface area contributed by atoms with Crippen LogP contribution in [-0.2, 0) is 0 Å². The number of nitrogens with zero attached hydrogens (tertiary/aromatic N) is 1. The van der Waals surface area contributed by atoms with E-state index in [1.807, 2.05) is 0 Å². The second-order valence-corrected chi connectivity index (χ2v) is 8.75. The third kappa shape index (κ3) is 16.5. The highest BCUT2D eigenvalue weighted by molar-refractivity contribution is 4.86. The van der Waals surface area contributed by atoms with Crippen LogP contribution in [0.5, 0.6) is 0 Å². The summed E-state index contributed by atoms with van der Waals surface area (Å²) in [6, 6.07) is 0. The first-order valence-corrected chi connectivity index (χ1v) is 12.3. The number of rotatable bonds is 23. The molecule has 0 radical (unpaired) electrons. The zero-order valence-corrected chi connectivity index (χ0v) is 18.8. The van der Waals surface area contributed by atoms with Gasteiger partial charge in [0.05, 0.1) is 13.2 Å². The number of hydrogen-bond donors (Lipinski definition) is 2. The highest BCUT2D eigenvalue weighted by atomic mass is 16.3. The second-order valence-electron chi connectivity index (χ2n) is 8.75. The molecular formula is C24H49NO3. The monoisotopic (exact) mass is 399 g/mol. The molecule has 0 saturated heterocycles. The summed E-state index contributed by atoms with van der Waals surface area (Å²) < 4.78 is 0. The molecule has 4 heteroatoms. The van der Waals surface area contributed by atoms with Crippen LogP contribution < -0.4 is 0 Å². The number of aliphatic hydroxyl groups excluding tert-OH is 2. The molecule has 2 N–H and O–H groups in total. The topological polar surface area (TPSA) is 69.9 Å². The van der Waals surface area contributed by atoms with E-state index in [0.717, 1.165) is 12.8 Å². The van der Waals surface area contributed by atoms with Crippen LogP contribution in [0.4, 0.5) is 0 Å². The van der Waals surface area contributed by atoms with Crippen LogP contribution in [0, 0.1) is 4.91 Å². The van der Waals surface area contributed by atoms with Gasteiger partial charge in [0.15, 0.2) is 0 Å². The van der Waals surface area contributed by atoms with E-state index in [-0.39, 0.29) is 13.2 Å². The van der Waals surface area contributed by atoms with Gasteiger partial charge in [0.2, 0.25) is 0 Å². The van der Waals surface area contributed by atoms with Gasteiger partial charge < -0.3 is 10.2 Å². The zero-order chi connectivity index (χ0) is 20.8. The lowest BCUT2D eigenvalue weighted by Gasteiger charge is -2.20. The lowest BCUT2D eigenvalue weighted by atomic mass is 9.94.